The van der Waals surface area contributed by atoms with Crippen molar-refractivity contribution in [3.05, 3.63) is 176 Å². The van der Waals surface area contributed by atoms with Crippen molar-refractivity contribution in [3.63, 3.8) is 0 Å². The Morgan fingerprint density at radius 3 is 1.73 bits per heavy atom. The van der Waals surface area contributed by atoms with Crippen molar-refractivity contribution in [2.45, 2.75) is 0 Å². The normalized spacial score (nSPS) is 11.5. The minimum absolute atomic E-state index is 0.641. The fourth-order valence-electron chi connectivity index (χ4n) is 6.99. The Bertz CT molecular complexity index is 2880. The Morgan fingerprint density at radius 2 is 0.981 bits per heavy atom. The number of aromatic nitrogens is 5. The van der Waals surface area contributed by atoms with Crippen molar-refractivity contribution in [2.24, 2.45) is 0 Å². The Kier molecular flexibility index (Phi) is 7.25. The minimum atomic E-state index is 0.641. The van der Waals surface area contributed by atoms with Gasteiger partial charge in [-0.15, -0.1) is 11.3 Å². The first-order valence-corrected chi connectivity index (χ1v) is 18.0. The molecule has 0 unspecified atom stereocenters. The molecule has 3 aromatic heterocycles. The van der Waals surface area contributed by atoms with Crippen LogP contribution in [0.3, 0.4) is 0 Å². The van der Waals surface area contributed by atoms with Crippen molar-refractivity contribution in [1.82, 2.24) is 24.5 Å². The van der Waals surface area contributed by atoms with Gasteiger partial charge in [-0.2, -0.15) is 0 Å². The molecule has 0 aliphatic rings. The van der Waals surface area contributed by atoms with E-state index in [1.165, 1.54) is 15.0 Å². The van der Waals surface area contributed by atoms with Gasteiger partial charge in [0.2, 0.25) is 0 Å². The third-order valence-corrected chi connectivity index (χ3v) is 10.6. The van der Waals surface area contributed by atoms with Crippen LogP contribution in [0.4, 0.5) is 0 Å². The average Bonchev–Trinajstić information content (AvgIpc) is 3.80. The van der Waals surface area contributed by atoms with E-state index in [-0.39, 0.29) is 0 Å². The highest BCUT2D eigenvalue weighted by Gasteiger charge is 2.19. The molecule has 0 aliphatic heterocycles. The molecule has 10 rings (SSSR count). The molecule has 0 atom stereocenters. The van der Waals surface area contributed by atoms with Gasteiger partial charge in [0, 0.05) is 48.1 Å². The minimum Gasteiger partial charge on any atom is -0.292 e. The smallest absolute Gasteiger partial charge is 0.164 e. The molecule has 7 aromatic carbocycles. The predicted molar refractivity (Wildman–Crippen MR) is 215 cm³/mol. The van der Waals surface area contributed by atoms with Crippen molar-refractivity contribution in [3.8, 4) is 62.4 Å². The summed E-state index contributed by atoms with van der Waals surface area (Å²) in [4.78, 5) is 20.4. The fraction of sp³-hybridized carbons (Fsp3) is 0. The van der Waals surface area contributed by atoms with Gasteiger partial charge in [0.15, 0.2) is 17.5 Å². The molecule has 0 fully saturated rings. The Balaban J connectivity index is 1.12. The predicted octanol–water partition coefficient (Wildman–Crippen LogP) is 11.9. The van der Waals surface area contributed by atoms with E-state index in [9.17, 15) is 0 Å². The molecule has 0 spiro atoms. The van der Waals surface area contributed by atoms with Crippen molar-refractivity contribution < 1.29 is 0 Å². The first-order valence-electron chi connectivity index (χ1n) is 17.2. The Labute approximate surface area is 304 Å². The third-order valence-electron chi connectivity index (χ3n) is 9.49. The van der Waals surface area contributed by atoms with E-state index in [0.29, 0.717) is 17.5 Å². The quantitative estimate of drug-likeness (QED) is 0.175. The lowest BCUT2D eigenvalue weighted by atomic mass is 10.0. The Morgan fingerprint density at radius 1 is 0.404 bits per heavy atom. The summed E-state index contributed by atoms with van der Waals surface area (Å²) >= 11 is 1.78. The van der Waals surface area contributed by atoms with Gasteiger partial charge in [-0.05, 0) is 47.5 Å². The van der Waals surface area contributed by atoms with E-state index in [1.54, 1.807) is 11.3 Å². The maximum Gasteiger partial charge on any atom is 0.164 e. The van der Waals surface area contributed by atoms with Crippen LogP contribution < -0.4 is 0 Å². The molecule has 0 saturated carbocycles. The molecule has 52 heavy (non-hydrogen) atoms. The largest absolute Gasteiger partial charge is 0.292 e. The number of benzene rings is 7. The first kappa shape index (κ1) is 30.1. The number of hydrogen-bond acceptors (Lipinski definition) is 5. The number of nitrogens with zero attached hydrogens (tertiary/aromatic N) is 5. The van der Waals surface area contributed by atoms with Crippen LogP contribution in [0.2, 0.25) is 0 Å². The van der Waals surface area contributed by atoms with Crippen LogP contribution in [0.1, 0.15) is 0 Å². The van der Waals surface area contributed by atoms with Gasteiger partial charge in [0.05, 0.1) is 11.0 Å². The summed E-state index contributed by atoms with van der Waals surface area (Å²) in [7, 11) is 0. The second kappa shape index (κ2) is 12.5. The van der Waals surface area contributed by atoms with E-state index in [0.717, 1.165) is 61.1 Å². The lowest BCUT2D eigenvalue weighted by molar-refractivity contribution is 1.08. The van der Waals surface area contributed by atoms with E-state index < -0.39 is 0 Å². The third kappa shape index (κ3) is 5.25. The van der Waals surface area contributed by atoms with Gasteiger partial charge in [-0.1, -0.05) is 140 Å². The van der Waals surface area contributed by atoms with Gasteiger partial charge < -0.3 is 0 Å². The summed E-state index contributed by atoms with van der Waals surface area (Å²) in [6.07, 6.45) is 0. The second-order valence-electron chi connectivity index (χ2n) is 12.7. The zero-order chi connectivity index (χ0) is 34.4. The van der Waals surface area contributed by atoms with Gasteiger partial charge >= 0.3 is 0 Å². The average molecular weight is 684 g/mol. The molecular formula is C46H29N5S. The number of fused-ring (bicyclic) bond motifs is 4. The molecular weight excluding hydrogens is 655 g/mol. The summed E-state index contributed by atoms with van der Waals surface area (Å²) in [5.41, 5.74) is 9.38. The molecule has 0 N–H and O–H groups in total. The highest BCUT2D eigenvalue weighted by atomic mass is 32.1. The van der Waals surface area contributed by atoms with Crippen LogP contribution in [0, 0.1) is 0 Å². The number of para-hydroxylation sites is 3. The van der Waals surface area contributed by atoms with Crippen LogP contribution in [-0.2, 0) is 0 Å². The molecule has 5 nitrogen and oxygen atoms in total. The van der Waals surface area contributed by atoms with Crippen molar-refractivity contribution in [2.75, 3.05) is 0 Å². The van der Waals surface area contributed by atoms with Crippen LogP contribution in [0.25, 0.3) is 93.6 Å². The van der Waals surface area contributed by atoms with E-state index in [2.05, 4.69) is 132 Å². The number of imidazole rings is 1. The topological polar surface area (TPSA) is 56.5 Å². The van der Waals surface area contributed by atoms with Crippen LogP contribution in [0.15, 0.2) is 176 Å². The van der Waals surface area contributed by atoms with E-state index in [1.807, 2.05) is 48.5 Å². The molecule has 0 bridgehead atoms. The van der Waals surface area contributed by atoms with Crippen LogP contribution in [0.5, 0.6) is 0 Å². The van der Waals surface area contributed by atoms with Gasteiger partial charge in [0.25, 0.3) is 0 Å². The monoisotopic (exact) mass is 683 g/mol. The van der Waals surface area contributed by atoms with Crippen LogP contribution in [-0.4, -0.2) is 24.5 Å². The first-order chi connectivity index (χ1) is 25.8. The highest BCUT2D eigenvalue weighted by molar-refractivity contribution is 7.26. The zero-order valence-corrected chi connectivity index (χ0v) is 28.7. The van der Waals surface area contributed by atoms with E-state index >= 15 is 0 Å². The standard InChI is InChI=1S/C46H29N5S/c1-4-13-30(14-5-1)31-23-25-33(26-24-31)44-48-43(32-15-6-2-7-16-32)49-45(50-44)37-19-12-22-40-42(37)36-28-27-34(29-41(36)52-40)46-47-38-20-10-11-21-39(38)51(46)35-17-8-3-9-18-35/h1-29H. The summed E-state index contributed by atoms with van der Waals surface area (Å²) in [6, 6.07) is 60.9. The van der Waals surface area contributed by atoms with Gasteiger partial charge in [-0.3, -0.25) is 4.57 Å². The molecule has 244 valence electrons. The maximum atomic E-state index is 5.14. The van der Waals surface area contributed by atoms with Crippen molar-refractivity contribution in [1.29, 1.82) is 0 Å². The van der Waals surface area contributed by atoms with Crippen molar-refractivity contribution >= 4 is 42.5 Å². The van der Waals surface area contributed by atoms with Gasteiger partial charge in [0.1, 0.15) is 5.82 Å². The molecule has 0 amide bonds. The second-order valence-corrected chi connectivity index (χ2v) is 13.8. The SMILES string of the molecule is c1ccc(-c2ccc(-c3nc(-c4ccccc4)nc(-c4cccc5sc6cc(-c7nc8ccccc8n7-c7ccccc7)ccc6c45)n3)cc2)cc1. The highest BCUT2D eigenvalue weighted by Crippen LogP contribution is 2.42. The molecule has 0 radical (unpaired) electrons. The van der Waals surface area contributed by atoms with Crippen LogP contribution >= 0.6 is 11.3 Å². The maximum absolute atomic E-state index is 5.14. The van der Waals surface area contributed by atoms with Gasteiger partial charge in [-0.25, -0.2) is 19.9 Å². The molecule has 0 saturated heterocycles. The number of rotatable bonds is 6. The number of thiophene rings is 1. The lowest BCUT2D eigenvalue weighted by Crippen LogP contribution is -2.00. The lowest BCUT2D eigenvalue weighted by Gasteiger charge is -2.10. The molecule has 0 aliphatic carbocycles. The number of hydrogen-bond donors (Lipinski definition) is 0. The fourth-order valence-corrected chi connectivity index (χ4v) is 8.16. The molecule has 10 aromatic rings. The zero-order valence-electron chi connectivity index (χ0n) is 27.9. The summed E-state index contributed by atoms with van der Waals surface area (Å²) in [6.45, 7) is 0. The Hall–Kier alpha value is -6.76. The molecule has 3 heterocycles. The summed E-state index contributed by atoms with van der Waals surface area (Å²) in [5.74, 6) is 2.85. The molecule has 6 heteroatoms. The summed E-state index contributed by atoms with van der Waals surface area (Å²) in [5, 5.41) is 2.30. The summed E-state index contributed by atoms with van der Waals surface area (Å²) < 4.78 is 4.61. The van der Waals surface area contributed by atoms with E-state index in [4.69, 9.17) is 19.9 Å².